The molecular formula is C15H12Cl2FNO2. The van der Waals surface area contributed by atoms with Crippen molar-refractivity contribution < 1.29 is 14.3 Å². The second kappa shape index (κ2) is 6.78. The molecular weight excluding hydrogens is 316 g/mol. The first-order valence-corrected chi connectivity index (χ1v) is 6.82. The lowest BCUT2D eigenvalue weighted by molar-refractivity contribution is 0.302. The predicted molar refractivity (Wildman–Crippen MR) is 81.2 cm³/mol. The molecule has 0 saturated heterocycles. The van der Waals surface area contributed by atoms with Crippen LogP contribution in [0.4, 0.5) is 4.39 Å². The minimum absolute atomic E-state index is 0.120. The summed E-state index contributed by atoms with van der Waals surface area (Å²) in [5.74, 6) is -0.182. The number of ether oxygens (including phenoxy) is 1. The van der Waals surface area contributed by atoms with E-state index in [-0.39, 0.29) is 12.4 Å². The second-order valence-electron chi connectivity index (χ2n) is 4.35. The minimum Gasteiger partial charge on any atom is -0.488 e. The van der Waals surface area contributed by atoms with Gasteiger partial charge in [-0.25, -0.2) is 4.39 Å². The van der Waals surface area contributed by atoms with Crippen LogP contribution in [0.5, 0.6) is 5.75 Å². The van der Waals surface area contributed by atoms with Crippen LogP contribution < -0.4 is 4.74 Å². The molecule has 2 rings (SSSR count). The monoisotopic (exact) mass is 327 g/mol. The zero-order chi connectivity index (χ0) is 15.4. The third-order valence-electron chi connectivity index (χ3n) is 2.87. The van der Waals surface area contributed by atoms with Crippen LogP contribution >= 0.6 is 23.2 Å². The van der Waals surface area contributed by atoms with Crippen molar-refractivity contribution in [3.63, 3.8) is 0 Å². The highest BCUT2D eigenvalue weighted by Crippen LogP contribution is 2.25. The molecule has 2 aromatic rings. The molecule has 1 N–H and O–H groups in total. The van der Waals surface area contributed by atoms with Crippen molar-refractivity contribution in [3.05, 3.63) is 63.4 Å². The van der Waals surface area contributed by atoms with Crippen molar-refractivity contribution in [3.8, 4) is 5.75 Å². The van der Waals surface area contributed by atoms with Crippen molar-refractivity contribution >= 4 is 28.9 Å². The normalized spacial score (nSPS) is 11.5. The predicted octanol–water partition coefficient (Wildman–Crippen LogP) is 4.91. The van der Waals surface area contributed by atoms with Gasteiger partial charge in [0.25, 0.3) is 0 Å². The number of nitrogens with zero attached hydrogens (tertiary/aromatic N) is 1. The van der Waals surface area contributed by atoms with E-state index in [1.54, 1.807) is 25.1 Å². The molecule has 6 heteroatoms. The number of benzene rings is 2. The Balaban J connectivity index is 2.27. The molecule has 3 nitrogen and oxygen atoms in total. The van der Waals surface area contributed by atoms with E-state index in [2.05, 4.69) is 5.16 Å². The van der Waals surface area contributed by atoms with E-state index in [4.69, 9.17) is 33.1 Å². The van der Waals surface area contributed by atoms with Gasteiger partial charge in [-0.3, -0.25) is 0 Å². The van der Waals surface area contributed by atoms with Crippen LogP contribution in [0.1, 0.15) is 18.1 Å². The first kappa shape index (κ1) is 15.6. The summed E-state index contributed by atoms with van der Waals surface area (Å²) in [5.41, 5.74) is 1.50. The standard InChI is InChI=1S/C15H12Cl2FNO2/c1-9(19-20)13-4-3-12(18)7-15(13)21-8-10-6-11(16)2-5-14(10)17/h2-7,20H,8H2,1H3. The fraction of sp³-hybridized carbons (Fsp3) is 0.133. The summed E-state index contributed by atoms with van der Waals surface area (Å²) in [5, 5.41) is 13.0. The Hall–Kier alpha value is -1.78. The van der Waals surface area contributed by atoms with E-state index >= 15 is 0 Å². The van der Waals surface area contributed by atoms with Gasteiger partial charge in [-0.15, -0.1) is 0 Å². The van der Waals surface area contributed by atoms with Crippen molar-refractivity contribution in [2.45, 2.75) is 13.5 Å². The zero-order valence-electron chi connectivity index (χ0n) is 11.1. The lowest BCUT2D eigenvalue weighted by Crippen LogP contribution is -2.03. The van der Waals surface area contributed by atoms with E-state index in [1.807, 2.05) is 0 Å². The van der Waals surface area contributed by atoms with E-state index in [0.29, 0.717) is 26.9 Å². The van der Waals surface area contributed by atoms with Gasteiger partial charge < -0.3 is 9.94 Å². The average molecular weight is 328 g/mol. The van der Waals surface area contributed by atoms with Crippen LogP contribution in [-0.2, 0) is 6.61 Å². The highest BCUT2D eigenvalue weighted by atomic mass is 35.5. The third kappa shape index (κ3) is 3.86. The van der Waals surface area contributed by atoms with Crippen molar-refractivity contribution in [1.29, 1.82) is 0 Å². The molecule has 110 valence electrons. The molecule has 0 aliphatic carbocycles. The smallest absolute Gasteiger partial charge is 0.131 e. The fourth-order valence-corrected chi connectivity index (χ4v) is 2.14. The molecule has 0 unspecified atom stereocenters. The summed E-state index contributed by atoms with van der Waals surface area (Å²) in [7, 11) is 0. The molecule has 0 fully saturated rings. The molecule has 0 aliphatic rings. The van der Waals surface area contributed by atoms with Crippen molar-refractivity contribution in [2.24, 2.45) is 5.16 Å². The van der Waals surface area contributed by atoms with Crippen LogP contribution in [0.2, 0.25) is 10.0 Å². The summed E-state index contributed by atoms with van der Waals surface area (Å²) in [4.78, 5) is 0. The maximum absolute atomic E-state index is 13.4. The fourth-order valence-electron chi connectivity index (χ4n) is 1.78. The van der Waals surface area contributed by atoms with Crippen LogP contribution in [0, 0.1) is 5.82 Å². The third-order valence-corrected chi connectivity index (χ3v) is 3.48. The summed E-state index contributed by atoms with van der Waals surface area (Å²) < 4.78 is 18.9. The molecule has 0 aliphatic heterocycles. The Bertz CT molecular complexity index is 689. The summed E-state index contributed by atoms with van der Waals surface area (Å²) >= 11 is 11.9. The summed E-state index contributed by atoms with van der Waals surface area (Å²) in [6.45, 7) is 1.71. The Morgan fingerprint density at radius 2 is 2.00 bits per heavy atom. The van der Waals surface area contributed by atoms with Crippen LogP contribution in [0.15, 0.2) is 41.6 Å². The van der Waals surface area contributed by atoms with Gasteiger partial charge in [-0.05, 0) is 37.3 Å². The molecule has 21 heavy (non-hydrogen) atoms. The number of hydrogen-bond donors (Lipinski definition) is 1. The van der Waals surface area contributed by atoms with Crippen LogP contribution in [-0.4, -0.2) is 10.9 Å². The van der Waals surface area contributed by atoms with Crippen molar-refractivity contribution in [1.82, 2.24) is 0 Å². The van der Waals surface area contributed by atoms with Crippen LogP contribution in [0.25, 0.3) is 0 Å². The second-order valence-corrected chi connectivity index (χ2v) is 5.19. The molecule has 0 aromatic heterocycles. The molecule has 0 bridgehead atoms. The van der Waals surface area contributed by atoms with E-state index in [1.165, 1.54) is 18.2 Å². The van der Waals surface area contributed by atoms with Crippen molar-refractivity contribution in [2.75, 3.05) is 0 Å². The Labute approximate surface area is 131 Å². The number of rotatable bonds is 4. The SMILES string of the molecule is CC(=NO)c1ccc(F)cc1OCc1cc(Cl)ccc1Cl. The molecule has 0 amide bonds. The molecule has 0 heterocycles. The largest absolute Gasteiger partial charge is 0.488 e. The summed E-state index contributed by atoms with van der Waals surface area (Å²) in [6.07, 6.45) is 0. The average Bonchev–Trinajstić information content (AvgIpc) is 2.47. The molecule has 0 saturated carbocycles. The van der Waals surface area contributed by atoms with E-state index in [0.717, 1.165) is 0 Å². The van der Waals surface area contributed by atoms with Gasteiger partial charge in [0, 0.05) is 27.2 Å². The van der Waals surface area contributed by atoms with Gasteiger partial charge in [0.15, 0.2) is 0 Å². The van der Waals surface area contributed by atoms with Crippen LogP contribution in [0.3, 0.4) is 0 Å². The maximum atomic E-state index is 13.4. The quantitative estimate of drug-likeness (QED) is 0.492. The lowest BCUT2D eigenvalue weighted by atomic mass is 10.1. The maximum Gasteiger partial charge on any atom is 0.131 e. The van der Waals surface area contributed by atoms with E-state index < -0.39 is 5.82 Å². The minimum atomic E-state index is -0.448. The van der Waals surface area contributed by atoms with Gasteiger partial charge >= 0.3 is 0 Å². The van der Waals surface area contributed by atoms with Gasteiger partial charge in [0.2, 0.25) is 0 Å². The number of oxime groups is 1. The molecule has 2 aromatic carbocycles. The zero-order valence-corrected chi connectivity index (χ0v) is 12.6. The van der Waals surface area contributed by atoms with Gasteiger partial charge in [-0.1, -0.05) is 28.4 Å². The first-order valence-electron chi connectivity index (χ1n) is 6.06. The Morgan fingerprint density at radius 3 is 2.71 bits per heavy atom. The number of hydrogen-bond acceptors (Lipinski definition) is 3. The van der Waals surface area contributed by atoms with Gasteiger partial charge in [-0.2, -0.15) is 0 Å². The summed E-state index contributed by atoms with van der Waals surface area (Å²) in [6, 6.07) is 8.99. The Kier molecular flexibility index (Phi) is 5.04. The first-order chi connectivity index (χ1) is 10.0. The highest BCUT2D eigenvalue weighted by molar-refractivity contribution is 6.33. The molecule has 0 spiro atoms. The lowest BCUT2D eigenvalue weighted by Gasteiger charge is -2.12. The van der Waals surface area contributed by atoms with E-state index in [9.17, 15) is 4.39 Å². The van der Waals surface area contributed by atoms with Gasteiger partial charge in [0.05, 0.1) is 5.71 Å². The topological polar surface area (TPSA) is 41.8 Å². The number of halogens is 3. The van der Waals surface area contributed by atoms with Gasteiger partial charge in [0.1, 0.15) is 18.2 Å². The molecule has 0 atom stereocenters. The molecule has 0 radical (unpaired) electrons. The Morgan fingerprint density at radius 1 is 1.24 bits per heavy atom. The highest BCUT2D eigenvalue weighted by Gasteiger charge is 2.10.